The Bertz CT molecular complexity index is 558. The number of aliphatic hydroxyl groups excluding tert-OH is 1. The minimum Gasteiger partial charge on any atom is -0.508 e. The van der Waals surface area contributed by atoms with Crippen molar-refractivity contribution in [2.45, 2.75) is 17.2 Å². The maximum absolute atomic E-state index is 11.1. The number of aliphatic hydroxyl groups is 1. The molecule has 8 heteroatoms. The minimum absolute atomic E-state index is 0.0684. The number of carbonyl (C=O) groups is 1. The Hall–Kier alpha value is -0.660. The fourth-order valence-electron chi connectivity index (χ4n) is 2.38. The highest BCUT2D eigenvalue weighted by molar-refractivity contribution is 7.81. The summed E-state index contributed by atoms with van der Waals surface area (Å²) in [5.74, 6) is -0.380. The second-order valence-corrected chi connectivity index (χ2v) is 6.82. The number of carbonyl (C=O) groups excluding carboxylic acids is 1. The highest BCUT2D eigenvalue weighted by atomic mass is 35.5. The van der Waals surface area contributed by atoms with Crippen LogP contribution in [-0.4, -0.2) is 40.6 Å². The summed E-state index contributed by atoms with van der Waals surface area (Å²) in [5.41, 5.74) is 0.536. The maximum atomic E-state index is 11.1. The molecule has 2 rings (SSSR count). The van der Waals surface area contributed by atoms with Gasteiger partial charge in [-0.1, -0.05) is 23.2 Å². The largest absolute Gasteiger partial charge is 0.508 e. The summed E-state index contributed by atoms with van der Waals surface area (Å²) < 4.78 is -0.492. The SMILES string of the molecule is O=C(CO)NCC1(S)CN[C@@H](c2c(O)ccc(Cl)c2Cl)C1. The molecular formula is C13H16Cl2N2O3S. The van der Waals surface area contributed by atoms with Crippen molar-refractivity contribution in [2.75, 3.05) is 19.7 Å². The summed E-state index contributed by atoms with van der Waals surface area (Å²) in [5, 5.41) is 25.2. The van der Waals surface area contributed by atoms with Gasteiger partial charge in [0.1, 0.15) is 12.4 Å². The first-order valence-electron chi connectivity index (χ1n) is 6.36. The molecule has 0 bridgehead atoms. The molecule has 1 unspecified atom stereocenters. The number of phenolic OH excluding ortho intramolecular Hbond substituents is 1. The van der Waals surface area contributed by atoms with Gasteiger partial charge in [-0.2, -0.15) is 12.6 Å². The Kier molecular flexibility index (Phi) is 5.27. The Labute approximate surface area is 138 Å². The molecule has 1 fully saturated rings. The van der Waals surface area contributed by atoms with Crippen LogP contribution < -0.4 is 10.6 Å². The van der Waals surface area contributed by atoms with Crippen molar-refractivity contribution in [1.29, 1.82) is 0 Å². The number of benzene rings is 1. The first-order valence-corrected chi connectivity index (χ1v) is 7.57. The predicted octanol–water partition coefficient (Wildman–Crippen LogP) is 1.51. The standard InChI is InChI=1S/C13H16Cl2N2O3S/c14-7-1-2-9(19)11(12(7)15)8-3-13(21,5-16-8)6-17-10(20)4-18/h1-2,8,16,18-19,21H,3-6H2,(H,17,20)/t8-,13?/m1/s1. The molecule has 1 amide bonds. The van der Waals surface area contributed by atoms with Crippen LogP contribution >= 0.6 is 35.8 Å². The van der Waals surface area contributed by atoms with Gasteiger partial charge in [0.2, 0.25) is 5.91 Å². The van der Waals surface area contributed by atoms with E-state index in [9.17, 15) is 9.90 Å². The lowest BCUT2D eigenvalue weighted by molar-refractivity contribution is -0.123. The molecule has 1 saturated heterocycles. The Morgan fingerprint density at radius 1 is 1.52 bits per heavy atom. The average molecular weight is 351 g/mol. The van der Waals surface area contributed by atoms with Crippen LogP contribution in [0.5, 0.6) is 5.75 Å². The topological polar surface area (TPSA) is 81.6 Å². The lowest BCUT2D eigenvalue weighted by Gasteiger charge is -2.22. The molecule has 0 aliphatic carbocycles. The van der Waals surface area contributed by atoms with Gasteiger partial charge >= 0.3 is 0 Å². The predicted molar refractivity (Wildman–Crippen MR) is 85.3 cm³/mol. The Morgan fingerprint density at radius 3 is 2.90 bits per heavy atom. The van der Waals surface area contributed by atoms with E-state index < -0.39 is 17.3 Å². The van der Waals surface area contributed by atoms with Gasteiger partial charge in [-0.3, -0.25) is 4.79 Å². The second-order valence-electron chi connectivity index (χ2n) is 5.09. The fraction of sp³-hybridized carbons (Fsp3) is 0.462. The summed E-state index contributed by atoms with van der Waals surface area (Å²) in [6.07, 6.45) is 0.551. The second kappa shape index (κ2) is 6.62. The number of hydrogen-bond donors (Lipinski definition) is 5. The van der Waals surface area contributed by atoms with Crippen LogP contribution in [0, 0.1) is 0 Å². The van der Waals surface area contributed by atoms with E-state index in [0.29, 0.717) is 35.1 Å². The number of aromatic hydroxyl groups is 1. The van der Waals surface area contributed by atoms with E-state index in [-0.39, 0.29) is 11.8 Å². The third-order valence-corrected chi connectivity index (χ3v) is 4.80. The number of halogens is 2. The van der Waals surface area contributed by atoms with Crippen LogP contribution in [0.15, 0.2) is 12.1 Å². The van der Waals surface area contributed by atoms with Crippen molar-refractivity contribution >= 4 is 41.7 Å². The first-order chi connectivity index (χ1) is 9.86. The highest BCUT2D eigenvalue weighted by Gasteiger charge is 2.38. The monoisotopic (exact) mass is 350 g/mol. The molecule has 2 atom stereocenters. The lowest BCUT2D eigenvalue weighted by Crippen LogP contribution is -2.41. The van der Waals surface area contributed by atoms with Gasteiger partial charge in [0.25, 0.3) is 0 Å². The van der Waals surface area contributed by atoms with E-state index >= 15 is 0 Å². The molecule has 1 aromatic carbocycles. The van der Waals surface area contributed by atoms with Crippen molar-refractivity contribution in [2.24, 2.45) is 0 Å². The smallest absolute Gasteiger partial charge is 0.245 e. The van der Waals surface area contributed by atoms with Crippen molar-refractivity contribution in [3.8, 4) is 5.75 Å². The van der Waals surface area contributed by atoms with Crippen molar-refractivity contribution in [1.82, 2.24) is 10.6 Å². The number of phenols is 1. The number of nitrogens with one attached hydrogen (secondary N) is 2. The average Bonchev–Trinajstić information content (AvgIpc) is 2.83. The minimum atomic E-state index is -0.554. The highest BCUT2D eigenvalue weighted by Crippen LogP contribution is 2.43. The molecule has 1 aliphatic rings. The normalized spacial score (nSPS) is 25.0. The number of thiol groups is 1. The zero-order chi connectivity index (χ0) is 15.6. The van der Waals surface area contributed by atoms with Gasteiger partial charge in [0, 0.05) is 29.4 Å². The molecule has 0 aromatic heterocycles. The van der Waals surface area contributed by atoms with Crippen molar-refractivity contribution in [3.05, 3.63) is 27.7 Å². The summed E-state index contributed by atoms with van der Waals surface area (Å²) >= 11 is 16.7. The van der Waals surface area contributed by atoms with Gasteiger partial charge in [-0.25, -0.2) is 0 Å². The summed E-state index contributed by atoms with van der Waals surface area (Å²) in [6.45, 7) is 0.272. The molecule has 0 radical (unpaired) electrons. The van der Waals surface area contributed by atoms with Crippen LogP contribution in [0.1, 0.15) is 18.0 Å². The molecule has 1 aromatic rings. The van der Waals surface area contributed by atoms with Gasteiger partial charge in [-0.05, 0) is 18.6 Å². The molecule has 1 aliphatic heterocycles. The van der Waals surface area contributed by atoms with Crippen molar-refractivity contribution < 1.29 is 15.0 Å². The zero-order valence-electron chi connectivity index (χ0n) is 11.1. The third kappa shape index (κ3) is 3.76. The zero-order valence-corrected chi connectivity index (χ0v) is 13.5. The van der Waals surface area contributed by atoms with Gasteiger partial charge in [0.15, 0.2) is 0 Å². The van der Waals surface area contributed by atoms with Gasteiger partial charge < -0.3 is 20.8 Å². The number of rotatable bonds is 4. The van der Waals surface area contributed by atoms with E-state index in [1.807, 2.05) is 0 Å². The quantitative estimate of drug-likeness (QED) is 0.533. The molecule has 5 nitrogen and oxygen atoms in total. The fourth-order valence-corrected chi connectivity index (χ4v) is 3.19. The van der Waals surface area contributed by atoms with Crippen molar-refractivity contribution in [3.63, 3.8) is 0 Å². The van der Waals surface area contributed by atoms with Crippen LogP contribution in [0.2, 0.25) is 10.0 Å². The molecule has 0 spiro atoms. The van der Waals surface area contributed by atoms with E-state index in [1.54, 1.807) is 0 Å². The number of amides is 1. The van der Waals surface area contributed by atoms with Gasteiger partial charge in [-0.15, -0.1) is 0 Å². The van der Waals surface area contributed by atoms with E-state index in [4.69, 9.17) is 28.3 Å². The third-order valence-electron chi connectivity index (χ3n) is 3.48. The molecular weight excluding hydrogens is 335 g/mol. The first kappa shape index (κ1) is 16.7. The summed E-state index contributed by atoms with van der Waals surface area (Å²) in [6, 6.07) is 2.82. The molecule has 1 heterocycles. The number of hydrogen-bond acceptors (Lipinski definition) is 5. The Morgan fingerprint density at radius 2 is 2.24 bits per heavy atom. The molecule has 116 valence electrons. The molecule has 0 saturated carbocycles. The van der Waals surface area contributed by atoms with Gasteiger partial charge in [0.05, 0.1) is 10.0 Å². The van der Waals surface area contributed by atoms with Crippen LogP contribution in [0.4, 0.5) is 0 Å². The lowest BCUT2D eigenvalue weighted by atomic mass is 9.98. The molecule has 4 N–H and O–H groups in total. The van der Waals surface area contributed by atoms with Crippen LogP contribution in [-0.2, 0) is 4.79 Å². The maximum Gasteiger partial charge on any atom is 0.245 e. The Balaban J connectivity index is 2.12. The van der Waals surface area contributed by atoms with E-state index in [2.05, 4.69) is 23.3 Å². The molecule has 21 heavy (non-hydrogen) atoms. The summed E-state index contributed by atoms with van der Waals surface area (Å²) in [4.78, 5) is 11.1. The van der Waals surface area contributed by atoms with Crippen LogP contribution in [0.3, 0.4) is 0 Å². The van der Waals surface area contributed by atoms with E-state index in [1.165, 1.54) is 12.1 Å². The van der Waals surface area contributed by atoms with Crippen LogP contribution in [0.25, 0.3) is 0 Å². The summed E-state index contributed by atoms with van der Waals surface area (Å²) in [7, 11) is 0. The van der Waals surface area contributed by atoms with E-state index in [0.717, 1.165) is 0 Å².